The largest absolute Gasteiger partial charge is 0.482 e. The van der Waals surface area contributed by atoms with E-state index in [1.54, 1.807) is 0 Å². The summed E-state index contributed by atoms with van der Waals surface area (Å²) in [5.74, 6) is 0. The molecule has 2 radical (unpaired) electrons. The summed E-state index contributed by atoms with van der Waals surface area (Å²) in [4.78, 5) is 0. The Morgan fingerprint density at radius 1 is 1.25 bits per heavy atom. The van der Waals surface area contributed by atoms with Gasteiger partial charge in [-0.05, 0) is 0 Å². The first kappa shape index (κ1) is 8.83. The van der Waals surface area contributed by atoms with E-state index in [1.165, 1.54) is 0 Å². The van der Waals surface area contributed by atoms with Crippen molar-refractivity contribution in [3.63, 3.8) is 0 Å². The van der Waals surface area contributed by atoms with Crippen LogP contribution < -0.4 is 0 Å². The Hall–Kier alpha value is 0.725. The Morgan fingerprint density at radius 3 is 1.25 bits per heavy atom. The molecule has 0 aromatic carbocycles. The summed E-state index contributed by atoms with van der Waals surface area (Å²) >= 11 is 0. The van der Waals surface area contributed by atoms with Gasteiger partial charge in [-0.25, -0.2) is 0 Å². The molecule has 0 spiro atoms. The van der Waals surface area contributed by atoms with Gasteiger partial charge in [0.1, 0.15) is 0 Å². The molecule has 22 valence electrons. The average molecular weight is 226 g/mol. The number of hydrogen-bond donors (Lipinski definition) is 2. The van der Waals surface area contributed by atoms with Gasteiger partial charge in [0.25, 0.3) is 0 Å². The van der Waals surface area contributed by atoms with Crippen LogP contribution in [0.15, 0.2) is 0 Å². The van der Waals surface area contributed by atoms with Crippen LogP contribution in [0.25, 0.3) is 0 Å². The molecule has 0 aliphatic carbocycles. The first-order valence-corrected chi connectivity index (χ1v) is 0.516. The van der Waals surface area contributed by atoms with Crippen LogP contribution in [0.1, 0.15) is 0 Å². The molecule has 0 saturated heterocycles. The molecule has 0 atom stereocenters. The van der Waals surface area contributed by atoms with Crippen LogP contribution in [-0.4, -0.2) is 17.7 Å². The van der Waals surface area contributed by atoms with Gasteiger partial charge in [0.15, 0.2) is 0 Å². The summed E-state index contributed by atoms with van der Waals surface area (Å²) in [6.45, 7) is 0. The van der Waals surface area contributed by atoms with E-state index in [0.717, 1.165) is 0 Å². The number of rotatable bonds is 0. The van der Waals surface area contributed by atoms with Crippen molar-refractivity contribution in [3.05, 3.63) is 0 Å². The monoisotopic (exact) mass is 226 g/mol. The quantitative estimate of drug-likeness (QED) is 0.493. The second-order valence-corrected chi connectivity index (χ2v) is 0.115. The van der Waals surface area contributed by atoms with E-state index in [4.69, 9.17) is 10.0 Å². The van der Waals surface area contributed by atoms with Gasteiger partial charge in [0.05, 0.1) is 0 Å². The fourth-order valence-corrected chi connectivity index (χ4v) is 0. The van der Waals surface area contributed by atoms with Crippen LogP contribution in [0, 0.1) is 0 Å². The average Bonchev–Trinajstić information content (AvgIpc) is 0.918. The first-order valence-electron chi connectivity index (χ1n) is 0.516. The fourth-order valence-electron chi connectivity index (χ4n) is 0. The predicted molar refractivity (Wildman–Crippen MR) is 10.2 cm³/mol. The van der Waals surface area contributed by atoms with Crippen LogP contribution in [0.5, 0.6) is 0 Å². The predicted octanol–water partition coefficient (Wildman–Crippen LogP) is -1.50. The Balaban J connectivity index is 0. The molecule has 2 nitrogen and oxygen atoms in total. The summed E-state index contributed by atoms with van der Waals surface area (Å²) in [5.41, 5.74) is 0. The van der Waals surface area contributed by atoms with E-state index >= 15 is 0 Å². The van der Waals surface area contributed by atoms with Crippen LogP contribution in [-0.2, 0) is 22.4 Å². The molecule has 0 rings (SSSR count). The maximum atomic E-state index is 7.00. The standard InChI is InChI=1S/BH2O2.Ta/c2-1-3;/h2-3H;. The molecule has 2 N–H and O–H groups in total. The molecule has 0 aliphatic heterocycles. The minimum atomic E-state index is 0. The van der Waals surface area contributed by atoms with Crippen LogP contribution >= 0.6 is 0 Å². The summed E-state index contributed by atoms with van der Waals surface area (Å²) < 4.78 is 0. The molecule has 4 heteroatoms. The smallest absolute Gasteiger partial charge is 0.429 e. The summed E-state index contributed by atoms with van der Waals surface area (Å²) in [6, 6.07) is 0. The van der Waals surface area contributed by atoms with Crippen LogP contribution in [0.3, 0.4) is 0 Å². The van der Waals surface area contributed by atoms with Gasteiger partial charge < -0.3 is 10.0 Å². The molecule has 0 aromatic heterocycles. The molecule has 0 amide bonds. The van der Waals surface area contributed by atoms with E-state index in [0.29, 0.717) is 0 Å². The number of hydrogen-bond acceptors (Lipinski definition) is 2. The second-order valence-electron chi connectivity index (χ2n) is 0.115. The minimum absolute atomic E-state index is 0. The SMILES string of the molecule is O[B]O.[Ta]. The second kappa shape index (κ2) is 9.30. The third-order valence-electron chi connectivity index (χ3n) is 0. The molecule has 0 saturated carbocycles. The van der Waals surface area contributed by atoms with Crippen molar-refractivity contribution in [1.29, 1.82) is 0 Å². The van der Waals surface area contributed by atoms with Crippen molar-refractivity contribution >= 4 is 7.69 Å². The van der Waals surface area contributed by atoms with Gasteiger partial charge >= 0.3 is 7.69 Å². The zero-order valence-corrected chi connectivity index (χ0v) is 5.13. The Labute approximate surface area is 40.7 Å². The molecule has 0 aromatic rings. The van der Waals surface area contributed by atoms with Gasteiger partial charge in [-0.15, -0.1) is 0 Å². The summed E-state index contributed by atoms with van der Waals surface area (Å²) in [7, 11) is 0. The van der Waals surface area contributed by atoms with Crippen molar-refractivity contribution in [2.45, 2.75) is 0 Å². The van der Waals surface area contributed by atoms with E-state index < -0.39 is 0 Å². The van der Waals surface area contributed by atoms with Crippen molar-refractivity contribution in [2.75, 3.05) is 0 Å². The molecular formula is H2BO2Ta. The van der Waals surface area contributed by atoms with Gasteiger partial charge in [0, 0.05) is 22.4 Å². The normalized spacial score (nSPS) is 3.50. The molecular weight excluding hydrogens is 224 g/mol. The molecule has 0 aliphatic rings. The van der Waals surface area contributed by atoms with E-state index in [2.05, 4.69) is 0 Å². The van der Waals surface area contributed by atoms with Crippen LogP contribution in [0.2, 0.25) is 0 Å². The van der Waals surface area contributed by atoms with Crippen molar-refractivity contribution in [2.24, 2.45) is 0 Å². The third kappa shape index (κ3) is 15.4. The molecule has 0 bridgehead atoms. The van der Waals surface area contributed by atoms with Crippen molar-refractivity contribution in [3.8, 4) is 0 Å². The third-order valence-corrected chi connectivity index (χ3v) is 0. The minimum Gasteiger partial charge on any atom is -0.429 e. The zero-order chi connectivity index (χ0) is 2.71. The van der Waals surface area contributed by atoms with E-state index in [-0.39, 0.29) is 30.1 Å². The zero-order valence-electron chi connectivity index (χ0n) is 1.92. The van der Waals surface area contributed by atoms with E-state index in [1.807, 2.05) is 0 Å². The maximum absolute atomic E-state index is 7.00. The van der Waals surface area contributed by atoms with Gasteiger partial charge in [0.2, 0.25) is 0 Å². The van der Waals surface area contributed by atoms with Gasteiger partial charge in [-0.2, -0.15) is 0 Å². The Bertz CT molecular complexity index is 6.00. The molecule has 0 heterocycles. The van der Waals surface area contributed by atoms with E-state index in [9.17, 15) is 0 Å². The molecule has 0 fully saturated rings. The Morgan fingerprint density at radius 2 is 1.25 bits per heavy atom. The topological polar surface area (TPSA) is 40.5 Å². The first-order chi connectivity index (χ1) is 1.41. The fraction of sp³-hybridized carbons (Fsp3) is 0. The van der Waals surface area contributed by atoms with Gasteiger partial charge in [-0.1, -0.05) is 0 Å². The Kier molecular flexibility index (Phi) is 20.5. The van der Waals surface area contributed by atoms with Gasteiger partial charge in [-0.3, -0.25) is 0 Å². The maximum Gasteiger partial charge on any atom is 0.482 e. The van der Waals surface area contributed by atoms with Crippen molar-refractivity contribution < 1.29 is 32.4 Å². The molecule has 4 heavy (non-hydrogen) atoms. The van der Waals surface area contributed by atoms with Crippen molar-refractivity contribution in [1.82, 2.24) is 0 Å². The molecule has 0 unspecified atom stereocenters. The summed E-state index contributed by atoms with van der Waals surface area (Å²) in [5, 5.41) is 14.0. The van der Waals surface area contributed by atoms with Crippen LogP contribution in [0.4, 0.5) is 0 Å². The summed E-state index contributed by atoms with van der Waals surface area (Å²) in [6.07, 6.45) is 0.